The van der Waals surface area contributed by atoms with Crippen LogP contribution in [0.2, 0.25) is 4.34 Å². The lowest BCUT2D eigenvalue weighted by atomic mass is 10.2. The van der Waals surface area contributed by atoms with Gasteiger partial charge in [0.1, 0.15) is 0 Å². The van der Waals surface area contributed by atoms with Crippen LogP contribution >= 0.6 is 22.9 Å². The number of nitrogens with zero attached hydrogens (tertiary/aromatic N) is 2. The number of rotatable bonds is 5. The number of hydrogen-bond donors (Lipinski definition) is 1. The monoisotopic (exact) mass is 307 g/mol. The molecule has 6 heteroatoms. The van der Waals surface area contributed by atoms with Gasteiger partial charge in [-0.2, -0.15) is 5.10 Å². The lowest BCUT2D eigenvalue weighted by Crippen LogP contribution is -2.20. The summed E-state index contributed by atoms with van der Waals surface area (Å²) < 4.78 is 0.711. The van der Waals surface area contributed by atoms with Crippen LogP contribution in [0.3, 0.4) is 0 Å². The summed E-state index contributed by atoms with van der Waals surface area (Å²) in [5, 5.41) is 4.21. The normalized spacial score (nSPS) is 11.4. The third-order valence-electron chi connectivity index (χ3n) is 2.56. The Hall–Kier alpha value is -1.72. The fourth-order valence-corrected chi connectivity index (χ4v) is 2.68. The minimum atomic E-state index is -0.269. The average molecular weight is 308 g/mol. The molecule has 0 aliphatic heterocycles. The van der Waals surface area contributed by atoms with Crippen molar-refractivity contribution in [3.63, 3.8) is 0 Å². The summed E-state index contributed by atoms with van der Waals surface area (Å²) in [6.07, 6.45) is 4.85. The first-order valence-electron chi connectivity index (χ1n) is 6.23. The lowest BCUT2D eigenvalue weighted by Gasteiger charge is -2.04. The summed E-state index contributed by atoms with van der Waals surface area (Å²) >= 11 is 7.39. The van der Waals surface area contributed by atoms with Crippen molar-refractivity contribution >= 4 is 34.6 Å². The van der Waals surface area contributed by atoms with Crippen molar-refractivity contribution < 1.29 is 4.79 Å². The quantitative estimate of drug-likeness (QED) is 0.676. The molecule has 2 aromatic rings. The largest absolute Gasteiger partial charge is 0.272 e. The Morgan fingerprint density at radius 3 is 2.90 bits per heavy atom. The molecule has 0 atom stereocenters. The summed E-state index contributed by atoms with van der Waals surface area (Å²) in [4.78, 5) is 16.8. The number of thiophene rings is 1. The second kappa shape index (κ2) is 7.17. The van der Waals surface area contributed by atoms with Gasteiger partial charge in [-0.05, 0) is 30.7 Å². The fourth-order valence-electron chi connectivity index (χ4n) is 1.62. The Morgan fingerprint density at radius 1 is 1.45 bits per heavy atom. The van der Waals surface area contributed by atoms with E-state index in [4.69, 9.17) is 11.6 Å². The number of nitrogens with one attached hydrogen (secondary N) is 1. The molecule has 104 valence electrons. The van der Waals surface area contributed by atoms with Gasteiger partial charge in [0.25, 0.3) is 5.91 Å². The number of pyridine rings is 1. The molecule has 20 heavy (non-hydrogen) atoms. The molecule has 4 nitrogen and oxygen atoms in total. The molecular formula is C14H14ClN3OS. The Kier molecular flexibility index (Phi) is 5.26. The molecule has 0 saturated heterocycles. The number of amides is 1. The highest BCUT2D eigenvalue weighted by molar-refractivity contribution is 7.18. The van der Waals surface area contributed by atoms with Crippen molar-refractivity contribution in [3.05, 3.63) is 51.4 Å². The summed E-state index contributed by atoms with van der Waals surface area (Å²) in [5.74, 6) is -0.269. The van der Waals surface area contributed by atoms with E-state index in [0.717, 1.165) is 23.4 Å². The second-order valence-corrected chi connectivity index (χ2v) is 5.81. The summed E-state index contributed by atoms with van der Waals surface area (Å²) in [6.45, 7) is 2.06. The predicted molar refractivity (Wildman–Crippen MR) is 82.5 cm³/mol. The minimum Gasteiger partial charge on any atom is -0.267 e. The smallest absolute Gasteiger partial charge is 0.267 e. The predicted octanol–water partition coefficient (Wildman–Crippen LogP) is 3.73. The average Bonchev–Trinajstić information content (AvgIpc) is 2.90. The maximum Gasteiger partial charge on any atom is 0.272 e. The van der Waals surface area contributed by atoms with Gasteiger partial charge in [0.15, 0.2) is 0 Å². The van der Waals surface area contributed by atoms with Gasteiger partial charge in [0.05, 0.1) is 20.5 Å². The Bertz CT molecular complexity index is 610. The third kappa shape index (κ3) is 3.88. The van der Waals surface area contributed by atoms with E-state index in [-0.39, 0.29) is 5.91 Å². The molecule has 0 aromatic carbocycles. The zero-order valence-corrected chi connectivity index (χ0v) is 12.5. The van der Waals surface area contributed by atoms with Gasteiger partial charge in [-0.3, -0.25) is 9.78 Å². The first kappa shape index (κ1) is 14.7. The minimum absolute atomic E-state index is 0.269. The SMILES string of the molecule is CCC/C(=N\NC(=O)c1cccnc1)c1ccc(Cl)s1. The number of aromatic nitrogens is 1. The standard InChI is InChI=1S/C14H14ClN3OS/c1-2-4-11(12-6-7-13(15)20-12)17-18-14(19)10-5-3-8-16-9-10/h3,5-9H,2,4H2,1H3,(H,18,19)/b17-11+. The van der Waals surface area contributed by atoms with Crippen LogP contribution < -0.4 is 5.43 Å². The molecule has 0 radical (unpaired) electrons. The second-order valence-electron chi connectivity index (χ2n) is 4.09. The molecule has 0 saturated carbocycles. The van der Waals surface area contributed by atoms with Crippen LogP contribution in [0.15, 0.2) is 41.8 Å². The van der Waals surface area contributed by atoms with Gasteiger partial charge in [-0.1, -0.05) is 24.9 Å². The first-order valence-corrected chi connectivity index (χ1v) is 7.42. The molecular weight excluding hydrogens is 294 g/mol. The van der Waals surface area contributed by atoms with E-state index in [2.05, 4.69) is 22.4 Å². The van der Waals surface area contributed by atoms with Gasteiger partial charge in [0, 0.05) is 12.4 Å². The summed E-state index contributed by atoms with van der Waals surface area (Å²) in [5.41, 5.74) is 3.88. The van der Waals surface area contributed by atoms with E-state index in [0.29, 0.717) is 9.90 Å². The molecule has 0 aliphatic rings. The van der Waals surface area contributed by atoms with Crippen LogP contribution in [-0.2, 0) is 0 Å². The van der Waals surface area contributed by atoms with Crippen LogP contribution in [0.5, 0.6) is 0 Å². The molecule has 0 bridgehead atoms. The highest BCUT2D eigenvalue weighted by Crippen LogP contribution is 2.23. The highest BCUT2D eigenvalue weighted by atomic mass is 35.5. The van der Waals surface area contributed by atoms with Crippen molar-refractivity contribution in [2.45, 2.75) is 19.8 Å². The highest BCUT2D eigenvalue weighted by Gasteiger charge is 2.08. The molecule has 0 fully saturated rings. The molecule has 0 unspecified atom stereocenters. The van der Waals surface area contributed by atoms with Crippen molar-refractivity contribution in [1.82, 2.24) is 10.4 Å². The van der Waals surface area contributed by atoms with Crippen LogP contribution in [0, 0.1) is 0 Å². The van der Waals surface area contributed by atoms with E-state index < -0.39 is 0 Å². The van der Waals surface area contributed by atoms with Gasteiger partial charge in [-0.25, -0.2) is 5.43 Å². The zero-order valence-electron chi connectivity index (χ0n) is 11.0. The maximum absolute atomic E-state index is 11.9. The zero-order chi connectivity index (χ0) is 14.4. The van der Waals surface area contributed by atoms with Gasteiger partial charge < -0.3 is 0 Å². The van der Waals surface area contributed by atoms with Crippen LogP contribution in [0.25, 0.3) is 0 Å². The third-order valence-corrected chi connectivity index (χ3v) is 3.84. The van der Waals surface area contributed by atoms with Crippen molar-refractivity contribution in [3.8, 4) is 0 Å². The van der Waals surface area contributed by atoms with Gasteiger partial charge in [-0.15, -0.1) is 11.3 Å². The number of halogens is 1. The number of hydrazone groups is 1. The van der Waals surface area contributed by atoms with E-state index in [9.17, 15) is 4.79 Å². The summed E-state index contributed by atoms with van der Waals surface area (Å²) in [6, 6.07) is 7.15. The first-order chi connectivity index (χ1) is 9.70. The number of carbonyl (C=O) groups is 1. The number of hydrogen-bond acceptors (Lipinski definition) is 4. The van der Waals surface area contributed by atoms with Crippen molar-refractivity contribution in [2.75, 3.05) is 0 Å². The molecule has 2 heterocycles. The number of carbonyl (C=O) groups excluding carboxylic acids is 1. The molecule has 2 rings (SSSR count). The van der Waals surface area contributed by atoms with E-state index in [1.807, 2.05) is 12.1 Å². The Balaban J connectivity index is 2.12. The van der Waals surface area contributed by atoms with Gasteiger partial charge in [0.2, 0.25) is 0 Å². The molecule has 0 aliphatic carbocycles. The molecule has 1 amide bonds. The maximum atomic E-state index is 11.9. The van der Waals surface area contributed by atoms with Crippen LogP contribution in [0.1, 0.15) is 35.0 Å². The fraction of sp³-hybridized carbons (Fsp3) is 0.214. The molecule has 2 aromatic heterocycles. The van der Waals surface area contributed by atoms with E-state index in [1.54, 1.807) is 18.3 Å². The summed E-state index contributed by atoms with van der Waals surface area (Å²) in [7, 11) is 0. The molecule has 0 spiro atoms. The Morgan fingerprint density at radius 2 is 2.30 bits per heavy atom. The van der Waals surface area contributed by atoms with Crippen LogP contribution in [-0.4, -0.2) is 16.6 Å². The van der Waals surface area contributed by atoms with E-state index >= 15 is 0 Å². The Labute approximate surface area is 126 Å². The van der Waals surface area contributed by atoms with Gasteiger partial charge >= 0.3 is 0 Å². The van der Waals surface area contributed by atoms with E-state index in [1.165, 1.54) is 17.5 Å². The van der Waals surface area contributed by atoms with Crippen molar-refractivity contribution in [2.24, 2.45) is 5.10 Å². The molecule has 1 N–H and O–H groups in total. The lowest BCUT2D eigenvalue weighted by molar-refractivity contribution is 0.0954. The van der Waals surface area contributed by atoms with Crippen LogP contribution in [0.4, 0.5) is 0 Å². The topological polar surface area (TPSA) is 54.4 Å². The van der Waals surface area contributed by atoms with Crippen molar-refractivity contribution in [1.29, 1.82) is 0 Å².